The second-order valence-electron chi connectivity index (χ2n) is 5.61. The van der Waals surface area contributed by atoms with E-state index >= 15 is 0 Å². The van der Waals surface area contributed by atoms with Crippen molar-refractivity contribution in [3.05, 3.63) is 29.5 Å². The number of methoxy groups -OCH3 is 1. The van der Waals surface area contributed by atoms with Crippen LogP contribution in [0, 0.1) is 12.8 Å². The first-order chi connectivity index (χ1) is 9.43. The van der Waals surface area contributed by atoms with Crippen LogP contribution in [0.1, 0.15) is 25.1 Å². The molecule has 1 aromatic carbocycles. The van der Waals surface area contributed by atoms with Gasteiger partial charge in [0, 0.05) is 12.6 Å². The molecule has 0 radical (unpaired) electrons. The molecule has 1 heterocycles. The van der Waals surface area contributed by atoms with Gasteiger partial charge in [-0.05, 0) is 36.5 Å². The highest BCUT2D eigenvalue weighted by Gasteiger charge is 2.17. The molecule has 0 saturated carbocycles. The van der Waals surface area contributed by atoms with Gasteiger partial charge in [0.2, 0.25) is 0 Å². The Kier molecular flexibility index (Phi) is 4.02. The fourth-order valence-electron chi connectivity index (χ4n) is 2.41. The molecule has 0 aliphatic carbocycles. The van der Waals surface area contributed by atoms with Crippen LogP contribution in [-0.2, 0) is 13.5 Å². The first-order valence-corrected chi connectivity index (χ1v) is 6.90. The molecule has 20 heavy (non-hydrogen) atoms. The number of hydrogen-bond acceptors (Lipinski definition) is 3. The van der Waals surface area contributed by atoms with E-state index in [1.54, 1.807) is 11.8 Å². The van der Waals surface area contributed by atoms with Gasteiger partial charge in [0.25, 0.3) is 0 Å². The SMILES string of the molecule is COc1cc(-c2c(CC(C)C)nn(C)c2N)ccc1C. The van der Waals surface area contributed by atoms with E-state index < -0.39 is 0 Å². The van der Waals surface area contributed by atoms with Crippen LogP contribution in [0.5, 0.6) is 5.75 Å². The van der Waals surface area contributed by atoms with Gasteiger partial charge in [-0.1, -0.05) is 26.0 Å². The third-order valence-electron chi connectivity index (χ3n) is 3.46. The molecule has 0 aliphatic rings. The van der Waals surface area contributed by atoms with Crippen LogP contribution in [-0.4, -0.2) is 16.9 Å². The molecule has 0 fully saturated rings. The smallest absolute Gasteiger partial charge is 0.129 e. The number of nitrogens with zero attached hydrogens (tertiary/aromatic N) is 2. The lowest BCUT2D eigenvalue weighted by molar-refractivity contribution is 0.412. The number of ether oxygens (including phenoxy) is 1. The summed E-state index contributed by atoms with van der Waals surface area (Å²) in [5.74, 6) is 2.11. The first-order valence-electron chi connectivity index (χ1n) is 6.90. The topological polar surface area (TPSA) is 53.1 Å². The van der Waals surface area contributed by atoms with Gasteiger partial charge in [-0.2, -0.15) is 5.10 Å². The molecule has 1 aromatic heterocycles. The highest BCUT2D eigenvalue weighted by molar-refractivity contribution is 5.78. The quantitative estimate of drug-likeness (QED) is 0.930. The largest absolute Gasteiger partial charge is 0.496 e. The molecule has 0 aliphatic heterocycles. The standard InChI is InChI=1S/C16H23N3O/c1-10(2)8-13-15(16(17)19(4)18-13)12-7-6-11(3)14(9-12)20-5/h6-7,9-10H,8,17H2,1-5H3. The summed E-state index contributed by atoms with van der Waals surface area (Å²) in [6.45, 7) is 6.40. The molecular weight excluding hydrogens is 250 g/mol. The summed E-state index contributed by atoms with van der Waals surface area (Å²) in [5, 5.41) is 4.56. The van der Waals surface area contributed by atoms with Crippen molar-refractivity contribution in [1.82, 2.24) is 9.78 Å². The van der Waals surface area contributed by atoms with Gasteiger partial charge in [-0.3, -0.25) is 4.68 Å². The molecule has 4 nitrogen and oxygen atoms in total. The van der Waals surface area contributed by atoms with Gasteiger partial charge >= 0.3 is 0 Å². The Bertz CT molecular complexity index is 614. The lowest BCUT2D eigenvalue weighted by Gasteiger charge is -2.10. The maximum atomic E-state index is 6.20. The zero-order chi connectivity index (χ0) is 14.9. The molecule has 0 saturated heterocycles. The minimum absolute atomic E-state index is 0.537. The third-order valence-corrected chi connectivity index (χ3v) is 3.46. The first kappa shape index (κ1) is 14.4. The Labute approximate surface area is 120 Å². The van der Waals surface area contributed by atoms with E-state index in [-0.39, 0.29) is 0 Å². The summed E-state index contributed by atoms with van der Waals surface area (Å²) in [7, 11) is 3.57. The molecule has 2 aromatic rings. The number of hydrogen-bond donors (Lipinski definition) is 1. The number of anilines is 1. The van der Waals surface area contributed by atoms with E-state index in [9.17, 15) is 0 Å². The summed E-state index contributed by atoms with van der Waals surface area (Å²) in [5.41, 5.74) is 10.5. The number of nitrogen functional groups attached to an aromatic ring is 1. The summed E-state index contributed by atoms with van der Waals surface area (Å²) in [6, 6.07) is 6.17. The van der Waals surface area contributed by atoms with E-state index in [0.29, 0.717) is 11.7 Å². The Morgan fingerprint density at radius 1 is 1.35 bits per heavy atom. The second kappa shape index (κ2) is 5.57. The maximum absolute atomic E-state index is 6.20. The fourth-order valence-corrected chi connectivity index (χ4v) is 2.41. The predicted molar refractivity (Wildman–Crippen MR) is 82.9 cm³/mol. The average molecular weight is 273 g/mol. The van der Waals surface area contributed by atoms with Gasteiger partial charge in [-0.25, -0.2) is 0 Å². The molecule has 108 valence electrons. The summed E-state index contributed by atoms with van der Waals surface area (Å²) < 4.78 is 7.16. The molecule has 2 rings (SSSR count). The highest BCUT2D eigenvalue weighted by Crippen LogP contribution is 2.34. The number of nitrogens with two attached hydrogens (primary N) is 1. The maximum Gasteiger partial charge on any atom is 0.129 e. The third kappa shape index (κ3) is 2.64. The molecule has 4 heteroatoms. The van der Waals surface area contributed by atoms with Gasteiger partial charge in [-0.15, -0.1) is 0 Å². The molecule has 0 unspecified atom stereocenters. The van der Waals surface area contributed by atoms with Crippen LogP contribution in [0.2, 0.25) is 0 Å². The van der Waals surface area contributed by atoms with E-state index in [2.05, 4.69) is 31.1 Å². The van der Waals surface area contributed by atoms with Gasteiger partial charge in [0.15, 0.2) is 0 Å². The van der Waals surface area contributed by atoms with Gasteiger partial charge in [0.05, 0.1) is 12.8 Å². The van der Waals surface area contributed by atoms with Crippen molar-refractivity contribution in [3.63, 3.8) is 0 Å². The van der Waals surface area contributed by atoms with Crippen molar-refractivity contribution in [3.8, 4) is 16.9 Å². The van der Waals surface area contributed by atoms with Crippen molar-refractivity contribution in [2.45, 2.75) is 27.2 Å². The minimum atomic E-state index is 0.537. The Hall–Kier alpha value is -1.97. The molecule has 0 amide bonds. The van der Waals surface area contributed by atoms with Crippen molar-refractivity contribution in [1.29, 1.82) is 0 Å². The number of benzene rings is 1. The van der Waals surface area contributed by atoms with Crippen LogP contribution < -0.4 is 10.5 Å². The summed E-state index contributed by atoms with van der Waals surface area (Å²) in [6.07, 6.45) is 0.913. The monoisotopic (exact) mass is 273 g/mol. The molecule has 0 atom stereocenters. The number of aromatic nitrogens is 2. The van der Waals surface area contributed by atoms with E-state index in [0.717, 1.165) is 34.6 Å². The lowest BCUT2D eigenvalue weighted by Crippen LogP contribution is -1.98. The average Bonchev–Trinajstić information content (AvgIpc) is 2.65. The zero-order valence-electron chi connectivity index (χ0n) is 12.9. The van der Waals surface area contributed by atoms with Crippen molar-refractivity contribution >= 4 is 5.82 Å². The Morgan fingerprint density at radius 2 is 2.05 bits per heavy atom. The Balaban J connectivity index is 2.56. The van der Waals surface area contributed by atoms with Crippen LogP contribution in [0.3, 0.4) is 0 Å². The highest BCUT2D eigenvalue weighted by atomic mass is 16.5. The summed E-state index contributed by atoms with van der Waals surface area (Å²) >= 11 is 0. The van der Waals surface area contributed by atoms with Crippen LogP contribution >= 0.6 is 0 Å². The number of aryl methyl sites for hydroxylation is 2. The lowest BCUT2D eigenvalue weighted by atomic mass is 9.98. The fraction of sp³-hybridized carbons (Fsp3) is 0.438. The van der Waals surface area contributed by atoms with Gasteiger partial charge < -0.3 is 10.5 Å². The Morgan fingerprint density at radius 3 is 2.65 bits per heavy atom. The van der Waals surface area contributed by atoms with Crippen molar-refractivity contribution in [2.24, 2.45) is 13.0 Å². The molecule has 2 N–H and O–H groups in total. The minimum Gasteiger partial charge on any atom is -0.496 e. The van der Waals surface area contributed by atoms with Crippen molar-refractivity contribution in [2.75, 3.05) is 12.8 Å². The molecule has 0 bridgehead atoms. The second-order valence-corrected chi connectivity index (χ2v) is 5.61. The van der Waals surface area contributed by atoms with Gasteiger partial charge in [0.1, 0.15) is 11.6 Å². The zero-order valence-corrected chi connectivity index (χ0v) is 12.9. The normalized spacial score (nSPS) is 11.1. The predicted octanol–water partition coefficient (Wildman–Crippen LogP) is 3.18. The van der Waals surface area contributed by atoms with Crippen LogP contribution in [0.25, 0.3) is 11.1 Å². The molecular formula is C16H23N3O. The van der Waals surface area contributed by atoms with Crippen molar-refractivity contribution < 1.29 is 4.74 Å². The van der Waals surface area contributed by atoms with Crippen LogP contribution in [0.4, 0.5) is 5.82 Å². The van der Waals surface area contributed by atoms with E-state index in [1.165, 1.54) is 0 Å². The molecule has 0 spiro atoms. The number of rotatable bonds is 4. The van der Waals surface area contributed by atoms with E-state index in [4.69, 9.17) is 10.5 Å². The summed E-state index contributed by atoms with van der Waals surface area (Å²) in [4.78, 5) is 0. The van der Waals surface area contributed by atoms with E-state index in [1.807, 2.05) is 20.0 Å². The van der Waals surface area contributed by atoms with Crippen LogP contribution in [0.15, 0.2) is 18.2 Å².